The van der Waals surface area contributed by atoms with Crippen LogP contribution in [0.3, 0.4) is 0 Å². The largest absolute Gasteiger partial charge is 0.495 e. The van der Waals surface area contributed by atoms with Crippen LogP contribution in [0.15, 0.2) is 23.1 Å². The van der Waals surface area contributed by atoms with Gasteiger partial charge in [0, 0.05) is 24.3 Å². The summed E-state index contributed by atoms with van der Waals surface area (Å²) in [6, 6.07) is 3.58. The van der Waals surface area contributed by atoms with E-state index in [-0.39, 0.29) is 42.6 Å². The summed E-state index contributed by atoms with van der Waals surface area (Å²) in [6.07, 6.45) is -1.18. The van der Waals surface area contributed by atoms with Gasteiger partial charge < -0.3 is 14.8 Å². The monoisotopic (exact) mass is 480 g/mol. The SMILES string of the molecule is COc1ccc(NC(=O)Cc2c(F)c(F)c(F)c(F)c2F)cc1S(=O)(=O)N1CCOCC1. The van der Waals surface area contributed by atoms with Crippen LogP contribution in [0.2, 0.25) is 0 Å². The average Bonchev–Trinajstić information content (AvgIpc) is 2.79. The summed E-state index contributed by atoms with van der Waals surface area (Å²) in [7, 11) is -2.79. The van der Waals surface area contributed by atoms with Crippen molar-refractivity contribution in [1.29, 1.82) is 0 Å². The molecule has 0 aromatic heterocycles. The van der Waals surface area contributed by atoms with Crippen LogP contribution in [0.5, 0.6) is 5.75 Å². The lowest BCUT2D eigenvalue weighted by atomic mass is 10.1. The van der Waals surface area contributed by atoms with Crippen molar-refractivity contribution in [1.82, 2.24) is 4.31 Å². The molecule has 1 saturated heterocycles. The van der Waals surface area contributed by atoms with Crippen molar-refractivity contribution in [2.24, 2.45) is 0 Å². The molecule has 0 bridgehead atoms. The van der Waals surface area contributed by atoms with Gasteiger partial charge in [0.05, 0.1) is 26.7 Å². The number of hydrogen-bond acceptors (Lipinski definition) is 5. The molecule has 2 aromatic carbocycles. The predicted molar refractivity (Wildman–Crippen MR) is 101 cm³/mol. The standard InChI is InChI=1S/C19H17F5N2O5S/c1-30-12-3-2-10(8-13(12)32(28,29)26-4-6-31-7-5-26)25-14(27)9-11-15(20)17(22)19(24)18(23)16(11)21/h2-3,8H,4-7,9H2,1H3,(H,25,27). The van der Waals surface area contributed by atoms with Crippen LogP contribution < -0.4 is 10.1 Å². The molecule has 13 heteroatoms. The quantitative estimate of drug-likeness (QED) is 0.391. The highest BCUT2D eigenvalue weighted by molar-refractivity contribution is 7.89. The number of halogens is 5. The van der Waals surface area contributed by atoms with Crippen molar-refractivity contribution in [3.8, 4) is 5.75 Å². The molecule has 0 atom stereocenters. The molecule has 1 aliphatic rings. The zero-order chi connectivity index (χ0) is 23.6. The van der Waals surface area contributed by atoms with Gasteiger partial charge in [-0.15, -0.1) is 0 Å². The molecule has 2 aromatic rings. The second-order valence-electron chi connectivity index (χ2n) is 6.66. The van der Waals surface area contributed by atoms with E-state index in [9.17, 15) is 35.2 Å². The van der Waals surface area contributed by atoms with Gasteiger partial charge in [-0.25, -0.2) is 30.4 Å². The molecule has 3 rings (SSSR count). The summed E-state index contributed by atoms with van der Waals surface area (Å²) < 4.78 is 105. The molecule has 1 aliphatic heterocycles. The summed E-state index contributed by atoms with van der Waals surface area (Å²) in [6.45, 7) is 0.588. The number of ether oxygens (including phenoxy) is 2. The van der Waals surface area contributed by atoms with E-state index in [0.717, 1.165) is 10.4 Å². The number of morpholine rings is 1. The van der Waals surface area contributed by atoms with Crippen LogP contribution in [0.25, 0.3) is 0 Å². The maximum absolute atomic E-state index is 13.8. The predicted octanol–water partition coefficient (Wildman–Crippen LogP) is 2.59. The molecule has 0 radical (unpaired) electrons. The number of nitrogens with one attached hydrogen (secondary N) is 1. The smallest absolute Gasteiger partial charge is 0.246 e. The second-order valence-corrected chi connectivity index (χ2v) is 8.56. The number of carbonyl (C=O) groups excluding carboxylic acids is 1. The van der Waals surface area contributed by atoms with Crippen molar-refractivity contribution in [2.45, 2.75) is 11.3 Å². The van der Waals surface area contributed by atoms with Crippen LogP contribution in [0.1, 0.15) is 5.56 Å². The molecule has 7 nitrogen and oxygen atoms in total. The third-order valence-electron chi connectivity index (χ3n) is 4.67. The summed E-state index contributed by atoms with van der Waals surface area (Å²) in [5, 5.41) is 2.19. The third-order valence-corrected chi connectivity index (χ3v) is 6.59. The van der Waals surface area contributed by atoms with E-state index < -0.39 is 57.0 Å². The molecule has 1 amide bonds. The minimum absolute atomic E-state index is 0.0192. The van der Waals surface area contributed by atoms with E-state index in [1.54, 1.807) is 0 Å². The molecule has 1 heterocycles. The maximum Gasteiger partial charge on any atom is 0.246 e. The normalized spacial score (nSPS) is 14.9. The number of rotatable bonds is 6. The average molecular weight is 480 g/mol. The molecule has 32 heavy (non-hydrogen) atoms. The van der Waals surface area contributed by atoms with Gasteiger partial charge in [0.15, 0.2) is 23.3 Å². The van der Waals surface area contributed by atoms with Gasteiger partial charge in [-0.3, -0.25) is 4.79 Å². The van der Waals surface area contributed by atoms with Crippen molar-refractivity contribution >= 4 is 21.6 Å². The number of amides is 1. The highest BCUT2D eigenvalue weighted by atomic mass is 32.2. The zero-order valence-corrected chi connectivity index (χ0v) is 17.4. The summed E-state index contributed by atoms with van der Waals surface area (Å²) in [5.41, 5.74) is -1.40. The number of nitrogens with zero attached hydrogens (tertiary/aromatic N) is 1. The first-order chi connectivity index (χ1) is 15.1. The van der Waals surface area contributed by atoms with E-state index in [2.05, 4.69) is 5.32 Å². The summed E-state index contributed by atoms with van der Waals surface area (Å²) >= 11 is 0. The topological polar surface area (TPSA) is 84.9 Å². The second kappa shape index (κ2) is 9.38. The third kappa shape index (κ3) is 4.54. The van der Waals surface area contributed by atoms with E-state index in [1.165, 1.54) is 19.2 Å². The number of methoxy groups -OCH3 is 1. The van der Waals surface area contributed by atoms with Crippen molar-refractivity contribution < 1.29 is 44.6 Å². The maximum atomic E-state index is 13.8. The lowest BCUT2D eigenvalue weighted by molar-refractivity contribution is -0.115. The fraction of sp³-hybridized carbons (Fsp3) is 0.316. The number of sulfonamides is 1. The van der Waals surface area contributed by atoms with Gasteiger partial charge in [-0.05, 0) is 18.2 Å². The lowest BCUT2D eigenvalue weighted by Gasteiger charge is -2.26. The van der Waals surface area contributed by atoms with Crippen molar-refractivity contribution in [2.75, 3.05) is 38.7 Å². The van der Waals surface area contributed by atoms with Gasteiger partial charge >= 0.3 is 0 Å². The Morgan fingerprint density at radius 1 is 1.03 bits per heavy atom. The van der Waals surface area contributed by atoms with E-state index in [0.29, 0.717) is 0 Å². The van der Waals surface area contributed by atoms with E-state index in [1.807, 2.05) is 0 Å². The van der Waals surface area contributed by atoms with Gasteiger partial charge in [0.25, 0.3) is 0 Å². The van der Waals surface area contributed by atoms with Crippen LogP contribution in [0.4, 0.5) is 27.6 Å². The van der Waals surface area contributed by atoms with Gasteiger partial charge in [-0.2, -0.15) is 4.31 Å². The fourth-order valence-corrected chi connectivity index (χ4v) is 4.64. The summed E-state index contributed by atoms with van der Waals surface area (Å²) in [4.78, 5) is 11.9. The minimum Gasteiger partial charge on any atom is -0.495 e. The van der Waals surface area contributed by atoms with Crippen LogP contribution >= 0.6 is 0 Å². The first kappa shape index (κ1) is 23.9. The Balaban J connectivity index is 1.88. The molecule has 174 valence electrons. The van der Waals surface area contributed by atoms with Crippen molar-refractivity contribution in [3.05, 3.63) is 52.8 Å². The zero-order valence-electron chi connectivity index (χ0n) is 16.6. The minimum atomic E-state index is -4.04. The Kier molecular flexibility index (Phi) is 7.00. The molecule has 0 saturated carbocycles. The molecule has 0 aliphatic carbocycles. The molecule has 1 fully saturated rings. The Morgan fingerprint density at radius 2 is 1.59 bits per heavy atom. The Morgan fingerprint density at radius 3 is 2.16 bits per heavy atom. The Labute approximate surface area is 179 Å². The lowest BCUT2D eigenvalue weighted by Crippen LogP contribution is -2.40. The molecule has 1 N–H and O–H groups in total. The van der Waals surface area contributed by atoms with Gasteiger partial charge in [0.2, 0.25) is 21.7 Å². The first-order valence-electron chi connectivity index (χ1n) is 9.14. The Bertz CT molecular complexity index is 1120. The van der Waals surface area contributed by atoms with Crippen LogP contribution in [-0.2, 0) is 26.0 Å². The number of hydrogen-bond donors (Lipinski definition) is 1. The van der Waals surface area contributed by atoms with Crippen LogP contribution in [0, 0.1) is 29.1 Å². The van der Waals surface area contributed by atoms with Crippen LogP contribution in [-0.4, -0.2) is 52.0 Å². The highest BCUT2D eigenvalue weighted by Gasteiger charge is 2.30. The van der Waals surface area contributed by atoms with Gasteiger partial charge in [-0.1, -0.05) is 0 Å². The van der Waals surface area contributed by atoms with Gasteiger partial charge in [0.1, 0.15) is 10.6 Å². The molecular weight excluding hydrogens is 463 g/mol. The number of anilines is 1. The highest BCUT2D eigenvalue weighted by Crippen LogP contribution is 2.30. The summed E-state index contributed by atoms with van der Waals surface area (Å²) in [5.74, 6) is -12.1. The van der Waals surface area contributed by atoms with E-state index in [4.69, 9.17) is 9.47 Å². The van der Waals surface area contributed by atoms with Crippen molar-refractivity contribution in [3.63, 3.8) is 0 Å². The number of benzene rings is 2. The fourth-order valence-electron chi connectivity index (χ4n) is 3.05. The Hall–Kier alpha value is -2.77. The molecule has 0 unspecified atom stereocenters. The van der Waals surface area contributed by atoms with E-state index >= 15 is 0 Å². The molecule has 0 spiro atoms. The number of carbonyl (C=O) groups is 1. The molecular formula is C19H17F5N2O5S. The first-order valence-corrected chi connectivity index (χ1v) is 10.6.